The topological polar surface area (TPSA) is 82.2 Å². The second-order valence-electron chi connectivity index (χ2n) is 12.9. The molecule has 6 rings (SSSR count). The fourth-order valence-corrected chi connectivity index (χ4v) is 7.90. The first-order chi connectivity index (χ1) is 24.4. The molecule has 8 nitrogen and oxygen atoms in total. The third-order valence-electron chi connectivity index (χ3n) is 9.26. The molecule has 1 atom stereocenters. The summed E-state index contributed by atoms with van der Waals surface area (Å²) >= 11 is 0. The third-order valence-corrected chi connectivity index (χ3v) is 11.1. The molecule has 1 aliphatic rings. The van der Waals surface area contributed by atoms with E-state index >= 15 is 0 Å². The molecule has 5 aromatic carbocycles. The van der Waals surface area contributed by atoms with Crippen molar-refractivity contribution in [1.29, 1.82) is 0 Å². The molecular weight excluding hydrogens is 645 g/mol. The lowest BCUT2D eigenvalue weighted by Gasteiger charge is -2.29. The summed E-state index contributed by atoms with van der Waals surface area (Å²) in [5.41, 5.74) is 3.76. The molecule has 0 radical (unpaired) electrons. The predicted molar refractivity (Wildman–Crippen MR) is 199 cm³/mol. The van der Waals surface area contributed by atoms with Gasteiger partial charge in [0.2, 0.25) is 10.0 Å². The minimum Gasteiger partial charge on any atom is -0.379 e. The van der Waals surface area contributed by atoms with Gasteiger partial charge in [-0.15, -0.1) is 0 Å². The fraction of sp³-hybridized carbons (Fsp3) is 0.293. The molecule has 1 fully saturated rings. The maximum Gasteiger partial charge on any atom is 0.318 e. The molecule has 5 aromatic rings. The van der Waals surface area contributed by atoms with Crippen LogP contribution in [-0.2, 0) is 34.4 Å². The van der Waals surface area contributed by atoms with Gasteiger partial charge in [-0.05, 0) is 58.5 Å². The van der Waals surface area contributed by atoms with Crippen LogP contribution in [0.25, 0.3) is 10.8 Å². The Bertz CT molecular complexity index is 1890. The summed E-state index contributed by atoms with van der Waals surface area (Å²) < 4.78 is 35.1. The van der Waals surface area contributed by atoms with Crippen LogP contribution in [0.2, 0.25) is 0 Å². The number of carbonyl (C=O) groups excluding carboxylic acids is 1. The Hall–Kier alpha value is -4.54. The van der Waals surface area contributed by atoms with E-state index in [4.69, 9.17) is 4.74 Å². The highest BCUT2D eigenvalue weighted by molar-refractivity contribution is 7.89. The smallest absolute Gasteiger partial charge is 0.318 e. The summed E-state index contributed by atoms with van der Waals surface area (Å²) in [5.74, 6) is 0. The number of benzene rings is 5. The van der Waals surface area contributed by atoms with Crippen molar-refractivity contribution in [3.63, 3.8) is 0 Å². The van der Waals surface area contributed by atoms with Crippen LogP contribution in [0.4, 0.5) is 4.79 Å². The van der Waals surface area contributed by atoms with Gasteiger partial charge in [0.15, 0.2) is 0 Å². The van der Waals surface area contributed by atoms with Crippen LogP contribution in [0.15, 0.2) is 132 Å². The zero-order valence-corrected chi connectivity index (χ0v) is 29.5. The van der Waals surface area contributed by atoms with E-state index < -0.39 is 10.0 Å². The number of nitrogens with zero attached hydrogens (tertiary/aromatic N) is 3. The molecule has 1 N–H and O–H groups in total. The normalized spacial score (nSPS) is 14.4. The number of hydrogen-bond acceptors (Lipinski definition) is 5. The first-order valence-corrected chi connectivity index (χ1v) is 18.8. The number of urea groups is 1. The molecule has 0 aliphatic carbocycles. The van der Waals surface area contributed by atoms with Crippen LogP contribution >= 0.6 is 0 Å². The number of morpholine rings is 1. The summed E-state index contributed by atoms with van der Waals surface area (Å²) in [6.45, 7) is 7.58. The highest BCUT2D eigenvalue weighted by Crippen LogP contribution is 2.25. The number of fused-ring (bicyclic) bond motifs is 1. The standard InChI is InChI=1S/C41H46N4O4S/c1-33(39-19-10-17-37-16-8-9-18-40(37)39)42-41(46)44(25-11-24-43-26-28-49-29-27-43)30-36-20-22-38(23-21-36)50(47,48)45(31-34-12-4-2-5-13-34)32-35-14-6-3-7-15-35/h2-10,12-23,33H,11,24-32H2,1H3,(H,42,46). The number of sulfonamides is 1. The van der Waals surface area contributed by atoms with E-state index in [1.54, 1.807) is 12.1 Å². The van der Waals surface area contributed by atoms with Crippen molar-refractivity contribution in [3.05, 3.63) is 150 Å². The lowest BCUT2D eigenvalue weighted by atomic mass is 10.00. The molecule has 0 bridgehead atoms. The molecule has 0 spiro atoms. The Morgan fingerprint density at radius 1 is 0.740 bits per heavy atom. The van der Waals surface area contributed by atoms with E-state index in [0.717, 1.165) is 72.3 Å². The molecule has 1 unspecified atom stereocenters. The number of hydrogen-bond donors (Lipinski definition) is 1. The molecule has 2 amide bonds. The van der Waals surface area contributed by atoms with Gasteiger partial charge in [-0.25, -0.2) is 13.2 Å². The van der Waals surface area contributed by atoms with E-state index in [1.807, 2.05) is 103 Å². The van der Waals surface area contributed by atoms with Gasteiger partial charge in [0.1, 0.15) is 0 Å². The molecule has 260 valence electrons. The fourth-order valence-electron chi connectivity index (χ4n) is 6.48. The maximum atomic E-state index is 14.1. The Kier molecular flexibility index (Phi) is 11.9. The van der Waals surface area contributed by atoms with Gasteiger partial charge in [-0.3, -0.25) is 4.90 Å². The lowest BCUT2D eigenvalue weighted by Crippen LogP contribution is -2.43. The average Bonchev–Trinajstić information content (AvgIpc) is 3.15. The van der Waals surface area contributed by atoms with Gasteiger partial charge in [0.25, 0.3) is 0 Å². The second-order valence-corrected chi connectivity index (χ2v) is 14.8. The highest BCUT2D eigenvalue weighted by Gasteiger charge is 2.26. The van der Waals surface area contributed by atoms with Gasteiger partial charge < -0.3 is 15.0 Å². The summed E-state index contributed by atoms with van der Waals surface area (Å²) in [6.07, 6.45) is 0.816. The summed E-state index contributed by atoms with van der Waals surface area (Å²) in [7, 11) is -3.83. The first kappa shape index (κ1) is 35.3. The van der Waals surface area contributed by atoms with Gasteiger partial charge in [-0.1, -0.05) is 115 Å². The monoisotopic (exact) mass is 690 g/mol. The van der Waals surface area contributed by atoms with Crippen LogP contribution < -0.4 is 5.32 Å². The van der Waals surface area contributed by atoms with Crippen molar-refractivity contribution in [3.8, 4) is 0 Å². The molecule has 0 aromatic heterocycles. The van der Waals surface area contributed by atoms with Gasteiger partial charge >= 0.3 is 6.03 Å². The SMILES string of the molecule is CC(NC(=O)N(CCCN1CCOCC1)Cc1ccc(S(=O)(=O)N(Cc2ccccc2)Cc2ccccc2)cc1)c1cccc2ccccc12. The summed E-state index contributed by atoms with van der Waals surface area (Å²) in [6, 6.07) is 40.3. The molecule has 0 saturated carbocycles. The van der Waals surface area contributed by atoms with Crippen molar-refractivity contribution in [2.24, 2.45) is 0 Å². The largest absolute Gasteiger partial charge is 0.379 e. The van der Waals surface area contributed by atoms with Crippen LogP contribution in [0.5, 0.6) is 0 Å². The van der Waals surface area contributed by atoms with E-state index in [1.165, 1.54) is 4.31 Å². The second kappa shape index (κ2) is 16.9. The minimum absolute atomic E-state index is 0.152. The molecule has 9 heteroatoms. The van der Waals surface area contributed by atoms with Crippen molar-refractivity contribution in [2.75, 3.05) is 39.4 Å². The number of carbonyl (C=O) groups is 1. The summed E-state index contributed by atoms with van der Waals surface area (Å²) in [4.78, 5) is 18.3. The molecule has 1 saturated heterocycles. The molecular formula is C41H46N4O4S. The number of rotatable bonds is 14. The van der Waals surface area contributed by atoms with E-state index in [9.17, 15) is 13.2 Å². The van der Waals surface area contributed by atoms with Crippen molar-refractivity contribution < 1.29 is 17.9 Å². The van der Waals surface area contributed by atoms with Crippen LogP contribution in [0.1, 0.15) is 41.6 Å². The van der Waals surface area contributed by atoms with Crippen LogP contribution in [0.3, 0.4) is 0 Å². The average molecular weight is 691 g/mol. The predicted octanol–water partition coefficient (Wildman–Crippen LogP) is 7.23. The molecule has 1 heterocycles. The zero-order chi connectivity index (χ0) is 34.8. The maximum absolute atomic E-state index is 14.1. The van der Waals surface area contributed by atoms with Gasteiger partial charge in [-0.2, -0.15) is 4.31 Å². The van der Waals surface area contributed by atoms with Crippen LogP contribution in [-0.4, -0.2) is 67.9 Å². The molecule has 50 heavy (non-hydrogen) atoms. The third kappa shape index (κ3) is 9.17. The van der Waals surface area contributed by atoms with Crippen LogP contribution in [0, 0.1) is 0 Å². The quantitative estimate of drug-likeness (QED) is 0.133. The van der Waals surface area contributed by atoms with E-state index in [2.05, 4.69) is 34.5 Å². The van der Waals surface area contributed by atoms with Crippen molar-refractivity contribution in [1.82, 2.24) is 19.4 Å². The van der Waals surface area contributed by atoms with E-state index in [0.29, 0.717) is 13.1 Å². The highest BCUT2D eigenvalue weighted by atomic mass is 32.2. The van der Waals surface area contributed by atoms with Gasteiger partial charge in [0, 0.05) is 45.8 Å². The number of ether oxygens (including phenoxy) is 1. The first-order valence-electron chi connectivity index (χ1n) is 17.4. The zero-order valence-electron chi connectivity index (χ0n) is 28.7. The molecule has 1 aliphatic heterocycles. The summed E-state index contributed by atoms with van der Waals surface area (Å²) in [5, 5.41) is 5.50. The number of amides is 2. The Labute approximate surface area is 296 Å². The Morgan fingerprint density at radius 3 is 1.98 bits per heavy atom. The van der Waals surface area contributed by atoms with E-state index in [-0.39, 0.29) is 30.1 Å². The Morgan fingerprint density at radius 2 is 1.32 bits per heavy atom. The van der Waals surface area contributed by atoms with Crippen molar-refractivity contribution >= 4 is 26.8 Å². The van der Waals surface area contributed by atoms with Gasteiger partial charge in [0.05, 0.1) is 24.2 Å². The Balaban J connectivity index is 1.19. The minimum atomic E-state index is -3.83. The lowest BCUT2D eigenvalue weighted by molar-refractivity contribution is 0.0364. The van der Waals surface area contributed by atoms with Crippen molar-refractivity contribution in [2.45, 2.75) is 43.9 Å². The number of nitrogens with one attached hydrogen (secondary N) is 1.